The van der Waals surface area contributed by atoms with E-state index in [0.717, 1.165) is 17.7 Å². The van der Waals surface area contributed by atoms with Gasteiger partial charge in [-0.3, -0.25) is 4.79 Å². The highest BCUT2D eigenvalue weighted by atomic mass is 19.1. The quantitative estimate of drug-likeness (QED) is 0.791. The van der Waals surface area contributed by atoms with Crippen molar-refractivity contribution in [1.29, 1.82) is 0 Å². The van der Waals surface area contributed by atoms with Gasteiger partial charge in [0.25, 0.3) is 0 Å². The Morgan fingerprint density at radius 3 is 2.32 bits per heavy atom. The number of ether oxygens (including phenoxy) is 1. The molecule has 2 nitrogen and oxygen atoms in total. The Bertz CT molecular complexity index is 616. The molecule has 0 radical (unpaired) electrons. The molecule has 0 heterocycles. The summed E-state index contributed by atoms with van der Waals surface area (Å²) in [5.41, 5.74) is 0.462. The fourth-order valence-corrected chi connectivity index (χ4v) is 1.84. The summed E-state index contributed by atoms with van der Waals surface area (Å²) in [5.74, 6) is -2.19. The van der Waals surface area contributed by atoms with E-state index >= 15 is 0 Å². The predicted octanol–water partition coefficient (Wildman–Crippen LogP) is 3.51. The Balaban J connectivity index is 2.56. The number of carbonyl (C=O) groups excluding carboxylic acids is 1. The second-order valence-electron chi connectivity index (χ2n) is 4.13. The topological polar surface area (TPSA) is 26.3 Å². The molecule has 0 bridgehead atoms. The van der Waals surface area contributed by atoms with Crippen molar-refractivity contribution in [3.8, 4) is 5.75 Å². The molecule has 19 heavy (non-hydrogen) atoms. The van der Waals surface area contributed by atoms with Gasteiger partial charge in [0.05, 0.1) is 18.2 Å². The summed E-state index contributed by atoms with van der Waals surface area (Å²) < 4.78 is 32.3. The first-order valence-corrected chi connectivity index (χ1v) is 5.68. The van der Waals surface area contributed by atoms with Gasteiger partial charge < -0.3 is 4.74 Å². The summed E-state index contributed by atoms with van der Waals surface area (Å²) >= 11 is 0. The second kappa shape index (κ2) is 5.18. The molecule has 0 amide bonds. The number of hydrogen-bond acceptors (Lipinski definition) is 2. The average Bonchev–Trinajstić information content (AvgIpc) is 2.38. The fraction of sp³-hybridized carbons (Fsp3) is 0.133. The summed E-state index contributed by atoms with van der Waals surface area (Å²) in [6.07, 6.45) is 0. The zero-order valence-electron chi connectivity index (χ0n) is 10.5. The maximum Gasteiger partial charge on any atom is 0.202 e. The number of carbonyl (C=O) groups is 1. The van der Waals surface area contributed by atoms with Crippen LogP contribution >= 0.6 is 0 Å². The van der Waals surface area contributed by atoms with Gasteiger partial charge in [0.1, 0.15) is 17.4 Å². The minimum atomic E-state index is -0.882. The van der Waals surface area contributed by atoms with Crippen LogP contribution in [-0.2, 0) is 0 Å². The van der Waals surface area contributed by atoms with Gasteiger partial charge in [-0.05, 0) is 36.8 Å². The molecule has 0 aliphatic carbocycles. The Kier molecular flexibility index (Phi) is 3.60. The van der Waals surface area contributed by atoms with E-state index in [4.69, 9.17) is 4.74 Å². The van der Waals surface area contributed by atoms with Crippen LogP contribution < -0.4 is 4.74 Å². The zero-order chi connectivity index (χ0) is 14.0. The lowest BCUT2D eigenvalue weighted by Gasteiger charge is -2.09. The largest absolute Gasteiger partial charge is 0.496 e. The third-order valence-corrected chi connectivity index (χ3v) is 2.79. The van der Waals surface area contributed by atoms with E-state index in [9.17, 15) is 13.6 Å². The molecule has 0 aliphatic rings. The molecule has 2 aromatic rings. The molecule has 2 rings (SSSR count). The van der Waals surface area contributed by atoms with Crippen molar-refractivity contribution >= 4 is 5.78 Å². The average molecular weight is 262 g/mol. The van der Waals surface area contributed by atoms with Crippen molar-refractivity contribution in [3.63, 3.8) is 0 Å². The van der Waals surface area contributed by atoms with E-state index in [0.29, 0.717) is 5.75 Å². The van der Waals surface area contributed by atoms with Crippen LogP contribution in [0.1, 0.15) is 21.5 Å². The summed E-state index contributed by atoms with van der Waals surface area (Å²) in [6, 6.07) is 8.16. The normalized spacial score (nSPS) is 10.3. The molecule has 4 heteroatoms. The minimum Gasteiger partial charge on any atom is -0.496 e. The van der Waals surface area contributed by atoms with E-state index in [1.54, 1.807) is 12.1 Å². The summed E-state index contributed by atoms with van der Waals surface area (Å²) in [4.78, 5) is 12.2. The van der Waals surface area contributed by atoms with E-state index in [1.807, 2.05) is 6.92 Å². The van der Waals surface area contributed by atoms with Crippen LogP contribution in [0.25, 0.3) is 0 Å². The highest BCUT2D eigenvalue weighted by Crippen LogP contribution is 2.25. The Hall–Kier alpha value is -2.23. The third-order valence-electron chi connectivity index (χ3n) is 2.79. The molecule has 0 N–H and O–H groups in total. The fourth-order valence-electron chi connectivity index (χ4n) is 1.84. The number of halogens is 2. The van der Waals surface area contributed by atoms with Gasteiger partial charge in [-0.15, -0.1) is 0 Å². The zero-order valence-corrected chi connectivity index (χ0v) is 10.5. The van der Waals surface area contributed by atoms with Crippen molar-refractivity contribution < 1.29 is 18.3 Å². The molecule has 0 aromatic heterocycles. The lowest BCUT2D eigenvalue weighted by molar-refractivity contribution is 0.102. The van der Waals surface area contributed by atoms with E-state index in [2.05, 4.69) is 0 Å². The van der Waals surface area contributed by atoms with E-state index in [1.165, 1.54) is 19.2 Å². The van der Waals surface area contributed by atoms with Crippen LogP contribution in [0.4, 0.5) is 8.78 Å². The molecular weight excluding hydrogens is 250 g/mol. The molecule has 2 aromatic carbocycles. The molecule has 0 saturated carbocycles. The van der Waals surface area contributed by atoms with E-state index in [-0.39, 0.29) is 5.56 Å². The van der Waals surface area contributed by atoms with Gasteiger partial charge in [-0.25, -0.2) is 8.78 Å². The van der Waals surface area contributed by atoms with E-state index < -0.39 is 23.0 Å². The predicted molar refractivity (Wildman–Crippen MR) is 67.5 cm³/mol. The first kappa shape index (κ1) is 13.2. The molecule has 0 fully saturated rings. The van der Waals surface area contributed by atoms with Gasteiger partial charge in [0.15, 0.2) is 0 Å². The van der Waals surface area contributed by atoms with Crippen molar-refractivity contribution in [2.45, 2.75) is 6.92 Å². The third kappa shape index (κ3) is 2.47. The van der Waals surface area contributed by atoms with Crippen LogP contribution in [0.5, 0.6) is 5.75 Å². The summed E-state index contributed by atoms with van der Waals surface area (Å²) in [6.45, 7) is 1.83. The maximum atomic E-state index is 13.6. The van der Waals surface area contributed by atoms with Gasteiger partial charge in [-0.1, -0.05) is 12.1 Å². The van der Waals surface area contributed by atoms with Crippen molar-refractivity contribution in [2.24, 2.45) is 0 Å². The van der Waals surface area contributed by atoms with Gasteiger partial charge in [0, 0.05) is 0 Å². The van der Waals surface area contributed by atoms with Crippen molar-refractivity contribution in [1.82, 2.24) is 0 Å². The molecule has 98 valence electrons. The van der Waals surface area contributed by atoms with Crippen LogP contribution in [-0.4, -0.2) is 12.9 Å². The maximum absolute atomic E-state index is 13.6. The Morgan fingerprint density at radius 2 is 1.74 bits per heavy atom. The minimum absolute atomic E-state index is 0.136. The number of ketones is 1. The number of methoxy groups -OCH3 is 1. The second-order valence-corrected chi connectivity index (χ2v) is 4.13. The molecule has 0 aliphatic heterocycles. The van der Waals surface area contributed by atoms with Crippen LogP contribution in [0.15, 0.2) is 36.4 Å². The summed E-state index contributed by atoms with van der Waals surface area (Å²) in [5, 5.41) is 0. The molecule has 0 saturated heterocycles. The standard InChI is InChI=1S/C15H12F2O2/c1-9-6-7-10(13(8-9)19-2)15(18)14-11(16)4-3-5-12(14)17/h3-8H,1-2H3. The van der Waals surface area contributed by atoms with Crippen molar-refractivity contribution in [2.75, 3.05) is 7.11 Å². The Labute approximate surface area is 109 Å². The van der Waals surface area contributed by atoms with Gasteiger partial charge in [0.2, 0.25) is 5.78 Å². The number of aryl methyl sites for hydroxylation is 1. The molecular formula is C15H12F2O2. The molecule has 0 unspecified atom stereocenters. The lowest BCUT2D eigenvalue weighted by atomic mass is 10.00. The Morgan fingerprint density at radius 1 is 1.11 bits per heavy atom. The molecule has 0 atom stereocenters. The molecule has 0 spiro atoms. The number of rotatable bonds is 3. The van der Waals surface area contributed by atoms with Crippen LogP contribution in [0.2, 0.25) is 0 Å². The first-order chi connectivity index (χ1) is 9.04. The van der Waals surface area contributed by atoms with Crippen molar-refractivity contribution in [3.05, 3.63) is 64.7 Å². The number of benzene rings is 2. The highest BCUT2D eigenvalue weighted by Gasteiger charge is 2.21. The first-order valence-electron chi connectivity index (χ1n) is 5.68. The van der Waals surface area contributed by atoms with Crippen LogP contribution in [0, 0.1) is 18.6 Å². The van der Waals surface area contributed by atoms with Gasteiger partial charge in [-0.2, -0.15) is 0 Å². The van der Waals surface area contributed by atoms with Gasteiger partial charge >= 0.3 is 0 Å². The lowest BCUT2D eigenvalue weighted by Crippen LogP contribution is -2.09. The summed E-state index contributed by atoms with van der Waals surface area (Å²) in [7, 11) is 1.41. The van der Waals surface area contributed by atoms with Crippen LogP contribution in [0.3, 0.4) is 0 Å². The monoisotopic (exact) mass is 262 g/mol. The highest BCUT2D eigenvalue weighted by molar-refractivity contribution is 6.11. The number of hydrogen-bond donors (Lipinski definition) is 0. The smallest absolute Gasteiger partial charge is 0.202 e. The SMILES string of the molecule is COc1cc(C)ccc1C(=O)c1c(F)cccc1F.